The summed E-state index contributed by atoms with van der Waals surface area (Å²) in [6.07, 6.45) is -2.96. The second-order valence-electron chi connectivity index (χ2n) is 3.66. The van der Waals surface area contributed by atoms with E-state index in [1.807, 2.05) is 4.90 Å². The first-order chi connectivity index (χ1) is 7.50. The minimum atomic E-state index is -4.37. The van der Waals surface area contributed by atoms with Gasteiger partial charge in [0, 0.05) is 20.2 Å². The molecule has 0 aliphatic carbocycles. The number of rotatable bonds is 2. The maximum Gasteiger partial charge on any atom is 0.433 e. The Morgan fingerprint density at radius 2 is 2.06 bits per heavy atom. The first-order valence-corrected chi connectivity index (χ1v) is 4.81. The lowest BCUT2D eigenvalue weighted by Gasteiger charge is -2.39. The standard InChI is InChI=1S/C10H11F3N2O/c1-16-8-5-15(6-8)7-2-3-9(14-4-7)10(11,12)13/h2-4,8H,5-6H2,1H3. The van der Waals surface area contributed by atoms with Gasteiger partial charge in [0.05, 0.1) is 18.0 Å². The molecule has 0 bridgehead atoms. The molecule has 0 saturated carbocycles. The van der Waals surface area contributed by atoms with E-state index in [1.54, 1.807) is 7.11 Å². The van der Waals surface area contributed by atoms with Crippen LogP contribution in [0.3, 0.4) is 0 Å². The Balaban J connectivity index is 2.04. The number of hydrogen-bond acceptors (Lipinski definition) is 3. The maximum absolute atomic E-state index is 12.2. The fraction of sp³-hybridized carbons (Fsp3) is 0.500. The summed E-state index contributed by atoms with van der Waals surface area (Å²) in [5.74, 6) is 0. The second-order valence-corrected chi connectivity index (χ2v) is 3.66. The number of nitrogens with zero attached hydrogens (tertiary/aromatic N) is 2. The van der Waals surface area contributed by atoms with Crippen molar-refractivity contribution in [1.82, 2.24) is 4.98 Å². The van der Waals surface area contributed by atoms with Crippen molar-refractivity contribution in [2.45, 2.75) is 12.3 Å². The largest absolute Gasteiger partial charge is 0.433 e. The van der Waals surface area contributed by atoms with E-state index in [9.17, 15) is 13.2 Å². The smallest absolute Gasteiger partial charge is 0.378 e. The van der Waals surface area contributed by atoms with E-state index >= 15 is 0 Å². The van der Waals surface area contributed by atoms with E-state index in [0.717, 1.165) is 6.07 Å². The molecular formula is C10H11F3N2O. The van der Waals surface area contributed by atoms with Crippen LogP contribution in [-0.2, 0) is 10.9 Å². The Morgan fingerprint density at radius 1 is 1.38 bits per heavy atom. The van der Waals surface area contributed by atoms with E-state index in [1.165, 1.54) is 12.3 Å². The Bertz CT molecular complexity index is 357. The number of aromatic nitrogens is 1. The number of ether oxygens (including phenoxy) is 1. The molecule has 16 heavy (non-hydrogen) atoms. The van der Waals surface area contributed by atoms with Crippen LogP contribution in [0, 0.1) is 0 Å². The van der Waals surface area contributed by atoms with E-state index < -0.39 is 11.9 Å². The summed E-state index contributed by atoms with van der Waals surface area (Å²) in [7, 11) is 1.62. The Hall–Kier alpha value is -1.30. The summed E-state index contributed by atoms with van der Waals surface area (Å²) >= 11 is 0. The van der Waals surface area contributed by atoms with E-state index in [4.69, 9.17) is 4.74 Å². The molecule has 0 aromatic carbocycles. The molecule has 0 N–H and O–H groups in total. The Labute approximate surface area is 90.8 Å². The van der Waals surface area contributed by atoms with Crippen LogP contribution in [0.25, 0.3) is 0 Å². The SMILES string of the molecule is COC1CN(c2ccc(C(F)(F)F)nc2)C1. The first kappa shape index (κ1) is 11.2. The van der Waals surface area contributed by atoms with Gasteiger partial charge in [0.1, 0.15) is 5.69 Å². The van der Waals surface area contributed by atoms with E-state index in [0.29, 0.717) is 18.8 Å². The lowest BCUT2D eigenvalue weighted by atomic mass is 10.1. The van der Waals surface area contributed by atoms with Crippen LogP contribution >= 0.6 is 0 Å². The minimum absolute atomic E-state index is 0.169. The third kappa shape index (κ3) is 2.11. The molecule has 1 aliphatic heterocycles. The van der Waals surface area contributed by atoms with Crippen molar-refractivity contribution in [3.63, 3.8) is 0 Å². The molecule has 1 fully saturated rings. The lowest BCUT2D eigenvalue weighted by Crippen LogP contribution is -2.51. The zero-order valence-electron chi connectivity index (χ0n) is 8.66. The fourth-order valence-corrected chi connectivity index (χ4v) is 1.54. The summed E-state index contributed by atoms with van der Waals surface area (Å²) in [5, 5.41) is 0. The van der Waals surface area contributed by atoms with Crippen molar-refractivity contribution in [1.29, 1.82) is 0 Å². The van der Waals surface area contributed by atoms with Gasteiger partial charge in [-0.25, -0.2) is 4.98 Å². The van der Waals surface area contributed by atoms with Gasteiger partial charge in [-0.05, 0) is 12.1 Å². The second kappa shape index (κ2) is 3.93. The third-order valence-corrected chi connectivity index (χ3v) is 2.58. The highest BCUT2D eigenvalue weighted by molar-refractivity contribution is 5.47. The van der Waals surface area contributed by atoms with Crippen molar-refractivity contribution in [3.8, 4) is 0 Å². The van der Waals surface area contributed by atoms with Crippen LogP contribution in [-0.4, -0.2) is 31.3 Å². The number of methoxy groups -OCH3 is 1. The average molecular weight is 232 g/mol. The molecule has 3 nitrogen and oxygen atoms in total. The molecule has 2 rings (SSSR count). The molecule has 0 spiro atoms. The van der Waals surface area contributed by atoms with Gasteiger partial charge < -0.3 is 9.64 Å². The number of alkyl halides is 3. The first-order valence-electron chi connectivity index (χ1n) is 4.81. The molecule has 0 unspecified atom stereocenters. The monoisotopic (exact) mass is 232 g/mol. The van der Waals surface area contributed by atoms with Gasteiger partial charge >= 0.3 is 6.18 Å². The van der Waals surface area contributed by atoms with Crippen molar-refractivity contribution < 1.29 is 17.9 Å². The number of halogens is 3. The summed E-state index contributed by atoms with van der Waals surface area (Å²) < 4.78 is 41.8. The van der Waals surface area contributed by atoms with Crippen LogP contribution in [0.15, 0.2) is 18.3 Å². The molecule has 2 heterocycles. The van der Waals surface area contributed by atoms with Crippen molar-refractivity contribution >= 4 is 5.69 Å². The number of anilines is 1. The van der Waals surface area contributed by atoms with E-state index in [2.05, 4.69) is 4.98 Å². The molecule has 1 aliphatic rings. The maximum atomic E-state index is 12.2. The number of pyridine rings is 1. The van der Waals surface area contributed by atoms with Crippen LogP contribution in [0.2, 0.25) is 0 Å². The lowest BCUT2D eigenvalue weighted by molar-refractivity contribution is -0.141. The molecule has 88 valence electrons. The van der Waals surface area contributed by atoms with Crippen LogP contribution < -0.4 is 4.90 Å². The zero-order chi connectivity index (χ0) is 11.8. The molecular weight excluding hydrogens is 221 g/mol. The summed E-state index contributed by atoms with van der Waals surface area (Å²) in [4.78, 5) is 5.31. The Kier molecular flexibility index (Phi) is 2.75. The van der Waals surface area contributed by atoms with Crippen molar-refractivity contribution in [2.75, 3.05) is 25.1 Å². The van der Waals surface area contributed by atoms with Crippen LogP contribution in [0.4, 0.5) is 18.9 Å². The topological polar surface area (TPSA) is 25.4 Å². The van der Waals surface area contributed by atoms with Gasteiger partial charge in [0.15, 0.2) is 0 Å². The summed E-state index contributed by atoms with van der Waals surface area (Å²) in [5.41, 5.74) is -0.165. The van der Waals surface area contributed by atoms with Gasteiger partial charge in [-0.1, -0.05) is 0 Å². The minimum Gasteiger partial charge on any atom is -0.378 e. The average Bonchev–Trinajstić information content (AvgIpc) is 2.15. The van der Waals surface area contributed by atoms with Crippen molar-refractivity contribution in [2.24, 2.45) is 0 Å². The Morgan fingerprint density at radius 3 is 2.50 bits per heavy atom. The molecule has 0 radical (unpaired) electrons. The van der Waals surface area contributed by atoms with Gasteiger partial charge in [0.25, 0.3) is 0 Å². The molecule has 1 aromatic heterocycles. The fourth-order valence-electron chi connectivity index (χ4n) is 1.54. The zero-order valence-corrected chi connectivity index (χ0v) is 8.66. The molecule has 1 aromatic rings. The highest BCUT2D eigenvalue weighted by Crippen LogP contribution is 2.29. The van der Waals surface area contributed by atoms with Crippen LogP contribution in [0.5, 0.6) is 0 Å². The van der Waals surface area contributed by atoms with Crippen LogP contribution in [0.1, 0.15) is 5.69 Å². The molecule has 6 heteroatoms. The predicted octanol–water partition coefficient (Wildman–Crippen LogP) is 1.94. The summed E-state index contributed by atoms with van der Waals surface area (Å²) in [6, 6.07) is 2.43. The highest BCUT2D eigenvalue weighted by Gasteiger charge is 2.33. The quantitative estimate of drug-likeness (QED) is 0.779. The normalized spacial score (nSPS) is 17.4. The highest BCUT2D eigenvalue weighted by atomic mass is 19.4. The van der Waals surface area contributed by atoms with E-state index in [-0.39, 0.29) is 6.10 Å². The third-order valence-electron chi connectivity index (χ3n) is 2.58. The van der Waals surface area contributed by atoms with Gasteiger partial charge in [0.2, 0.25) is 0 Å². The molecule has 1 saturated heterocycles. The molecule has 0 amide bonds. The summed E-state index contributed by atoms with van der Waals surface area (Å²) in [6.45, 7) is 1.40. The van der Waals surface area contributed by atoms with Gasteiger partial charge in [-0.15, -0.1) is 0 Å². The predicted molar refractivity (Wildman–Crippen MR) is 52.2 cm³/mol. The van der Waals surface area contributed by atoms with Gasteiger partial charge in [-0.2, -0.15) is 13.2 Å². The molecule has 0 atom stereocenters. The number of hydrogen-bond donors (Lipinski definition) is 0. The van der Waals surface area contributed by atoms with Gasteiger partial charge in [-0.3, -0.25) is 0 Å². The van der Waals surface area contributed by atoms with Crippen molar-refractivity contribution in [3.05, 3.63) is 24.0 Å².